The van der Waals surface area contributed by atoms with Crippen LogP contribution in [0.3, 0.4) is 0 Å². The molecule has 0 bridgehead atoms. The molecule has 1 heterocycles. The lowest BCUT2D eigenvalue weighted by atomic mass is 9.88. The molecule has 5 heteroatoms. The van der Waals surface area contributed by atoms with E-state index >= 15 is 0 Å². The van der Waals surface area contributed by atoms with Gasteiger partial charge in [0.2, 0.25) is 0 Å². The normalized spacial score (nSPS) is 23.9. The van der Waals surface area contributed by atoms with Gasteiger partial charge in [0.25, 0.3) is 6.33 Å². The molecule has 2 rings (SSSR count). The standard InChI is InChI=1S/C12H19N2O2.HI/c1-10-5-3-4-6-11(10)16-12(15)14-8-7-13(2)9-14;/h7-11H,3-6H2,1-2H3;1H/q+1;/p-1/t10-,11+;/m1./s1. The summed E-state index contributed by atoms with van der Waals surface area (Å²) in [6.45, 7) is 2.16. The molecule has 2 atom stereocenters. The molecule has 1 aromatic heterocycles. The molecule has 4 nitrogen and oxygen atoms in total. The van der Waals surface area contributed by atoms with Gasteiger partial charge >= 0.3 is 6.09 Å². The molecule has 1 aromatic rings. The average Bonchev–Trinajstić information content (AvgIpc) is 2.68. The van der Waals surface area contributed by atoms with Crippen LogP contribution in [0.2, 0.25) is 0 Å². The molecule has 0 aromatic carbocycles. The maximum absolute atomic E-state index is 11.8. The highest BCUT2D eigenvalue weighted by atomic mass is 127. The number of hydrogen-bond donors (Lipinski definition) is 0. The Kier molecular flexibility index (Phi) is 5.42. The zero-order valence-corrected chi connectivity index (χ0v) is 12.5. The molecule has 1 aliphatic carbocycles. The summed E-state index contributed by atoms with van der Waals surface area (Å²) in [4.78, 5) is 11.8. The number of ether oxygens (including phenoxy) is 1. The van der Waals surface area contributed by atoms with Crippen molar-refractivity contribution in [2.75, 3.05) is 0 Å². The minimum atomic E-state index is -0.264. The molecule has 0 spiro atoms. The second-order valence-electron chi connectivity index (χ2n) is 4.67. The molecule has 1 fully saturated rings. The van der Waals surface area contributed by atoms with E-state index in [4.69, 9.17) is 4.74 Å². The van der Waals surface area contributed by atoms with Gasteiger partial charge in [0.15, 0.2) is 0 Å². The minimum absolute atomic E-state index is 0. The van der Waals surface area contributed by atoms with E-state index < -0.39 is 0 Å². The zero-order valence-electron chi connectivity index (χ0n) is 10.3. The topological polar surface area (TPSA) is 35.1 Å². The van der Waals surface area contributed by atoms with Gasteiger partial charge in [0.1, 0.15) is 18.5 Å². The smallest absolute Gasteiger partial charge is 0.511 e. The number of carbonyl (C=O) groups excluding carboxylic acids is 1. The van der Waals surface area contributed by atoms with Gasteiger partial charge in [-0.2, -0.15) is 4.79 Å². The van der Waals surface area contributed by atoms with Crippen LogP contribution in [0.15, 0.2) is 18.7 Å². The number of carbonyl (C=O) groups is 1. The fourth-order valence-electron chi connectivity index (χ4n) is 2.21. The van der Waals surface area contributed by atoms with Crippen LogP contribution in [0, 0.1) is 5.92 Å². The molecule has 0 N–H and O–H groups in total. The van der Waals surface area contributed by atoms with Crippen molar-refractivity contribution in [3.63, 3.8) is 0 Å². The molecule has 1 saturated carbocycles. The Morgan fingerprint density at radius 2 is 2.12 bits per heavy atom. The summed E-state index contributed by atoms with van der Waals surface area (Å²) in [5, 5.41) is 0. The number of imidazole rings is 1. The van der Waals surface area contributed by atoms with Crippen LogP contribution < -0.4 is 28.5 Å². The Balaban J connectivity index is 0.00000144. The highest BCUT2D eigenvalue weighted by Gasteiger charge is 2.27. The van der Waals surface area contributed by atoms with Gasteiger partial charge in [-0.3, -0.25) is 0 Å². The Morgan fingerprint density at radius 3 is 2.71 bits per heavy atom. The van der Waals surface area contributed by atoms with Crippen LogP contribution >= 0.6 is 0 Å². The molecule has 96 valence electrons. The van der Waals surface area contributed by atoms with Crippen LogP contribution in [-0.4, -0.2) is 16.8 Å². The van der Waals surface area contributed by atoms with Crippen molar-refractivity contribution in [2.45, 2.75) is 38.7 Å². The van der Waals surface area contributed by atoms with Crippen LogP contribution in [0.4, 0.5) is 4.79 Å². The van der Waals surface area contributed by atoms with E-state index in [1.807, 2.05) is 17.8 Å². The maximum atomic E-state index is 11.8. The molecule has 0 amide bonds. The van der Waals surface area contributed by atoms with Crippen molar-refractivity contribution in [2.24, 2.45) is 13.0 Å². The molecule has 0 aliphatic heterocycles. The molecule has 17 heavy (non-hydrogen) atoms. The molecular formula is C12H19IN2O2. The van der Waals surface area contributed by atoms with Gasteiger partial charge in [-0.15, -0.1) is 4.57 Å². The monoisotopic (exact) mass is 350 g/mol. The highest BCUT2D eigenvalue weighted by molar-refractivity contribution is 5.69. The Labute approximate surface area is 119 Å². The lowest BCUT2D eigenvalue weighted by Gasteiger charge is -2.27. The molecule has 1 aliphatic rings. The predicted molar refractivity (Wildman–Crippen MR) is 58.9 cm³/mol. The van der Waals surface area contributed by atoms with E-state index in [2.05, 4.69) is 6.92 Å². The minimum Gasteiger partial charge on any atom is -1.00 e. The van der Waals surface area contributed by atoms with Crippen molar-refractivity contribution in [3.05, 3.63) is 18.7 Å². The lowest BCUT2D eigenvalue weighted by molar-refractivity contribution is -0.670. The Morgan fingerprint density at radius 1 is 1.41 bits per heavy atom. The molecular weight excluding hydrogens is 331 g/mol. The van der Waals surface area contributed by atoms with Gasteiger partial charge in [-0.1, -0.05) is 13.3 Å². The summed E-state index contributed by atoms with van der Waals surface area (Å²) < 4.78 is 8.83. The third kappa shape index (κ3) is 3.69. The van der Waals surface area contributed by atoms with Crippen LogP contribution in [-0.2, 0) is 11.8 Å². The maximum Gasteiger partial charge on any atom is 0.511 e. The number of hydrogen-bond acceptors (Lipinski definition) is 2. The summed E-state index contributed by atoms with van der Waals surface area (Å²) in [6.07, 6.45) is 9.68. The van der Waals surface area contributed by atoms with Crippen molar-refractivity contribution in [1.82, 2.24) is 4.57 Å². The number of aromatic nitrogens is 2. The highest BCUT2D eigenvalue weighted by Crippen LogP contribution is 2.26. The first-order chi connectivity index (χ1) is 7.66. The van der Waals surface area contributed by atoms with Gasteiger partial charge in [-0.05, 0) is 25.2 Å². The first-order valence-corrected chi connectivity index (χ1v) is 5.91. The summed E-state index contributed by atoms with van der Waals surface area (Å²) in [5.74, 6) is 0.488. The zero-order chi connectivity index (χ0) is 11.5. The summed E-state index contributed by atoms with van der Waals surface area (Å²) in [5.41, 5.74) is 0. The average molecular weight is 350 g/mol. The largest absolute Gasteiger partial charge is 1.00 e. The predicted octanol–water partition coefficient (Wildman–Crippen LogP) is -1.12. The van der Waals surface area contributed by atoms with Crippen LogP contribution in [0.25, 0.3) is 0 Å². The first-order valence-electron chi connectivity index (χ1n) is 5.91. The van der Waals surface area contributed by atoms with E-state index in [0.29, 0.717) is 5.92 Å². The van der Waals surface area contributed by atoms with Crippen molar-refractivity contribution >= 4 is 6.09 Å². The van der Waals surface area contributed by atoms with Gasteiger partial charge in [0, 0.05) is 0 Å². The summed E-state index contributed by atoms with van der Waals surface area (Å²) in [6, 6.07) is 0. The number of aryl methyl sites for hydroxylation is 1. The lowest BCUT2D eigenvalue weighted by Crippen LogP contribution is -3.00. The van der Waals surface area contributed by atoms with Gasteiger partial charge < -0.3 is 28.7 Å². The van der Waals surface area contributed by atoms with Crippen molar-refractivity contribution in [3.8, 4) is 0 Å². The van der Waals surface area contributed by atoms with Gasteiger partial charge in [0.05, 0.1) is 7.05 Å². The fraction of sp³-hybridized carbons (Fsp3) is 0.667. The number of halogens is 1. The van der Waals surface area contributed by atoms with Crippen molar-refractivity contribution < 1.29 is 38.1 Å². The Bertz CT molecular complexity index is 378. The SMILES string of the molecule is C[C@@H]1CCCC[C@@H]1OC(=O)n1cc[n+](C)c1.[I-]. The van der Waals surface area contributed by atoms with E-state index in [1.165, 1.54) is 17.4 Å². The first kappa shape index (κ1) is 14.5. The van der Waals surface area contributed by atoms with E-state index in [-0.39, 0.29) is 36.2 Å². The molecule has 0 saturated heterocycles. The number of rotatable bonds is 1. The van der Waals surface area contributed by atoms with Gasteiger partial charge in [-0.25, -0.2) is 4.57 Å². The number of nitrogens with zero attached hydrogens (tertiary/aromatic N) is 2. The van der Waals surface area contributed by atoms with Crippen LogP contribution in [0.5, 0.6) is 0 Å². The third-order valence-corrected chi connectivity index (χ3v) is 3.26. The van der Waals surface area contributed by atoms with E-state index in [1.54, 1.807) is 12.5 Å². The molecule has 0 unspecified atom stereocenters. The third-order valence-electron chi connectivity index (χ3n) is 3.26. The quantitative estimate of drug-likeness (QED) is 0.475. The van der Waals surface area contributed by atoms with Crippen LogP contribution in [0.1, 0.15) is 32.6 Å². The molecule has 0 radical (unpaired) electrons. The second kappa shape index (κ2) is 6.37. The summed E-state index contributed by atoms with van der Waals surface area (Å²) >= 11 is 0. The van der Waals surface area contributed by atoms with E-state index in [0.717, 1.165) is 12.8 Å². The van der Waals surface area contributed by atoms with E-state index in [9.17, 15) is 4.79 Å². The second-order valence-corrected chi connectivity index (χ2v) is 4.67. The fourth-order valence-corrected chi connectivity index (χ4v) is 2.21. The Hall–Kier alpha value is -0.590. The summed E-state index contributed by atoms with van der Waals surface area (Å²) in [7, 11) is 1.88. The van der Waals surface area contributed by atoms with Crippen molar-refractivity contribution in [1.29, 1.82) is 0 Å².